The van der Waals surface area contributed by atoms with Crippen LogP contribution in [0.15, 0.2) is 41.4 Å². The lowest BCUT2D eigenvalue weighted by Crippen LogP contribution is -2.56. The summed E-state index contributed by atoms with van der Waals surface area (Å²) >= 11 is 7.24. The number of hydrogen-bond acceptors (Lipinski definition) is 7. The molecule has 0 spiro atoms. The molecule has 1 saturated heterocycles. The summed E-state index contributed by atoms with van der Waals surface area (Å²) in [6.45, 7) is 1.08. The van der Waals surface area contributed by atoms with E-state index in [1.807, 2.05) is 6.92 Å². The lowest BCUT2D eigenvalue weighted by atomic mass is 10.1. The number of anilines is 2. The van der Waals surface area contributed by atoms with E-state index in [-0.39, 0.29) is 28.7 Å². The minimum absolute atomic E-state index is 0.00709. The summed E-state index contributed by atoms with van der Waals surface area (Å²) in [5, 5.41) is 2.85. The molecule has 34 heavy (non-hydrogen) atoms. The molecule has 7 nitrogen and oxygen atoms in total. The summed E-state index contributed by atoms with van der Waals surface area (Å²) in [6, 6.07) is 7.40. The van der Waals surface area contributed by atoms with Crippen LogP contribution in [0.2, 0.25) is 5.02 Å². The van der Waals surface area contributed by atoms with Gasteiger partial charge in [-0.25, -0.2) is 17.2 Å². The molecule has 12 heteroatoms. The van der Waals surface area contributed by atoms with E-state index in [2.05, 4.69) is 10.3 Å². The molecule has 1 aliphatic heterocycles. The number of aryl methyl sites for hydroxylation is 1. The van der Waals surface area contributed by atoms with Gasteiger partial charge in [0.25, 0.3) is 11.8 Å². The van der Waals surface area contributed by atoms with Crippen LogP contribution < -0.4 is 15.0 Å². The van der Waals surface area contributed by atoms with Gasteiger partial charge in [-0.1, -0.05) is 11.6 Å². The SMILES string of the molecule is COc1cc(N2CC(F)(F)C2)cnc1-c1cc(C(=O)Nc2cc(Cl)cc(S(C)(=O)=O)c2)sc1C. The van der Waals surface area contributed by atoms with Crippen molar-refractivity contribution in [2.75, 3.05) is 36.7 Å². The number of alkyl halides is 2. The molecule has 1 fully saturated rings. The largest absolute Gasteiger partial charge is 0.494 e. The van der Waals surface area contributed by atoms with E-state index < -0.39 is 21.7 Å². The van der Waals surface area contributed by atoms with Gasteiger partial charge >= 0.3 is 0 Å². The number of methoxy groups -OCH3 is 1. The number of rotatable bonds is 6. The first kappa shape index (κ1) is 24.4. The Kier molecular flexibility index (Phi) is 6.30. The zero-order valence-corrected chi connectivity index (χ0v) is 20.7. The monoisotopic (exact) mass is 527 g/mol. The van der Waals surface area contributed by atoms with Crippen molar-refractivity contribution in [1.29, 1.82) is 0 Å². The number of amides is 1. The van der Waals surface area contributed by atoms with Crippen LogP contribution in [0.4, 0.5) is 20.2 Å². The average molecular weight is 528 g/mol. The van der Waals surface area contributed by atoms with Crippen molar-refractivity contribution < 1.29 is 26.7 Å². The van der Waals surface area contributed by atoms with E-state index in [0.717, 1.165) is 11.1 Å². The van der Waals surface area contributed by atoms with Crippen LogP contribution in [0, 0.1) is 6.92 Å². The third-order valence-corrected chi connectivity index (χ3v) is 7.58. The van der Waals surface area contributed by atoms with E-state index in [9.17, 15) is 22.0 Å². The number of nitrogens with zero attached hydrogens (tertiary/aromatic N) is 2. The summed E-state index contributed by atoms with van der Waals surface area (Å²) in [6.07, 6.45) is 2.56. The molecule has 0 saturated carbocycles. The molecule has 0 atom stereocenters. The molecule has 0 bridgehead atoms. The Bertz CT molecular complexity index is 1380. The van der Waals surface area contributed by atoms with Gasteiger partial charge in [0.1, 0.15) is 11.4 Å². The number of halogens is 3. The highest BCUT2D eigenvalue weighted by Gasteiger charge is 2.44. The maximum Gasteiger partial charge on any atom is 0.282 e. The van der Waals surface area contributed by atoms with Gasteiger partial charge in [-0.05, 0) is 31.2 Å². The van der Waals surface area contributed by atoms with Gasteiger partial charge in [0.05, 0.1) is 41.9 Å². The second kappa shape index (κ2) is 8.79. The zero-order valence-electron chi connectivity index (χ0n) is 18.4. The van der Waals surface area contributed by atoms with Crippen molar-refractivity contribution in [2.45, 2.75) is 17.7 Å². The number of nitrogens with one attached hydrogen (secondary N) is 1. The number of benzene rings is 1. The number of ether oxygens (including phenoxy) is 1. The molecule has 1 aromatic carbocycles. The fraction of sp³-hybridized carbons (Fsp3) is 0.273. The molecule has 3 aromatic rings. The second-order valence-corrected chi connectivity index (χ2v) is 11.6. The summed E-state index contributed by atoms with van der Waals surface area (Å²) in [4.78, 5) is 19.9. The average Bonchev–Trinajstić information content (AvgIpc) is 3.12. The maximum absolute atomic E-state index is 13.2. The van der Waals surface area contributed by atoms with Crippen molar-refractivity contribution in [3.8, 4) is 17.0 Å². The summed E-state index contributed by atoms with van der Waals surface area (Å²) in [7, 11) is -2.05. The van der Waals surface area contributed by atoms with Gasteiger partial charge in [-0.3, -0.25) is 9.78 Å². The third-order valence-electron chi connectivity index (χ3n) is 5.22. The smallest absolute Gasteiger partial charge is 0.282 e. The molecule has 0 unspecified atom stereocenters. The first-order chi connectivity index (χ1) is 15.9. The molecule has 0 aliphatic carbocycles. The number of hydrogen-bond donors (Lipinski definition) is 1. The summed E-state index contributed by atoms with van der Waals surface area (Å²) in [5.74, 6) is -2.75. The van der Waals surface area contributed by atoms with Crippen molar-refractivity contribution in [3.05, 3.63) is 51.3 Å². The topological polar surface area (TPSA) is 88.6 Å². The van der Waals surface area contributed by atoms with Gasteiger partial charge in [0.2, 0.25) is 0 Å². The number of sulfone groups is 1. The Balaban J connectivity index is 1.59. The number of thiophene rings is 1. The molecule has 3 heterocycles. The fourth-order valence-electron chi connectivity index (χ4n) is 3.53. The van der Waals surface area contributed by atoms with Crippen molar-refractivity contribution in [3.63, 3.8) is 0 Å². The van der Waals surface area contributed by atoms with Crippen LogP contribution in [0.25, 0.3) is 11.3 Å². The highest BCUT2D eigenvalue weighted by atomic mass is 35.5. The Morgan fingerprint density at radius 2 is 1.94 bits per heavy atom. The number of pyridine rings is 1. The molecular weight excluding hydrogens is 508 g/mol. The van der Waals surface area contributed by atoms with Crippen molar-refractivity contribution in [2.24, 2.45) is 0 Å². The van der Waals surface area contributed by atoms with Gasteiger partial charge in [-0.2, -0.15) is 0 Å². The molecule has 1 aliphatic rings. The van der Waals surface area contributed by atoms with Crippen LogP contribution in [-0.2, 0) is 9.84 Å². The highest BCUT2D eigenvalue weighted by Crippen LogP contribution is 2.39. The van der Waals surface area contributed by atoms with E-state index in [0.29, 0.717) is 27.6 Å². The first-order valence-corrected chi connectivity index (χ1v) is 13.0. The number of aromatic nitrogens is 1. The van der Waals surface area contributed by atoms with Crippen LogP contribution in [-0.4, -0.2) is 51.7 Å². The molecule has 2 aromatic heterocycles. The standard InChI is InChI=1S/C22H20ClF2N3O4S2/c1-12-17(20-18(32-2)7-15(9-26-20)28-10-22(24,25)11-28)8-19(33-12)21(29)27-14-4-13(23)5-16(6-14)34(3,30)31/h4-9H,10-11H2,1-3H3,(H,27,29). The van der Waals surface area contributed by atoms with Crippen LogP contribution in [0.1, 0.15) is 14.5 Å². The highest BCUT2D eigenvalue weighted by molar-refractivity contribution is 7.90. The van der Waals surface area contributed by atoms with Crippen molar-refractivity contribution in [1.82, 2.24) is 4.98 Å². The Morgan fingerprint density at radius 1 is 1.24 bits per heavy atom. The van der Waals surface area contributed by atoms with Gasteiger partial charge < -0.3 is 15.0 Å². The minimum atomic E-state index is -3.51. The zero-order chi connectivity index (χ0) is 24.8. The predicted molar refractivity (Wildman–Crippen MR) is 129 cm³/mol. The predicted octanol–water partition coefficient (Wildman–Crippen LogP) is 4.89. The van der Waals surface area contributed by atoms with E-state index in [1.165, 1.54) is 47.7 Å². The second-order valence-electron chi connectivity index (χ2n) is 7.94. The summed E-state index contributed by atoms with van der Waals surface area (Å²) < 4.78 is 55.6. The molecule has 1 amide bonds. The van der Waals surface area contributed by atoms with Gasteiger partial charge in [0.15, 0.2) is 9.84 Å². The maximum atomic E-state index is 13.2. The molecular formula is C22H20ClF2N3O4S2. The molecule has 180 valence electrons. The first-order valence-electron chi connectivity index (χ1n) is 9.96. The fourth-order valence-corrected chi connectivity index (χ4v) is 5.43. The van der Waals surface area contributed by atoms with Crippen LogP contribution in [0.5, 0.6) is 5.75 Å². The third kappa shape index (κ3) is 5.01. The molecule has 1 N–H and O–H groups in total. The van der Waals surface area contributed by atoms with Crippen LogP contribution in [0.3, 0.4) is 0 Å². The quantitative estimate of drug-likeness (QED) is 0.491. The van der Waals surface area contributed by atoms with E-state index >= 15 is 0 Å². The van der Waals surface area contributed by atoms with Gasteiger partial charge in [0, 0.05) is 33.5 Å². The van der Waals surface area contributed by atoms with E-state index in [1.54, 1.807) is 12.1 Å². The van der Waals surface area contributed by atoms with E-state index in [4.69, 9.17) is 16.3 Å². The lowest BCUT2D eigenvalue weighted by molar-refractivity contribution is -0.0263. The van der Waals surface area contributed by atoms with Gasteiger partial charge in [-0.15, -0.1) is 11.3 Å². The normalized spacial score (nSPS) is 15.1. The number of carbonyl (C=O) groups is 1. The molecule has 4 rings (SSSR count). The minimum Gasteiger partial charge on any atom is -0.494 e. The Hall–Kier alpha value is -2.76. The molecule has 0 radical (unpaired) electrons. The Labute approximate surface area is 204 Å². The van der Waals surface area contributed by atoms with Crippen LogP contribution >= 0.6 is 22.9 Å². The summed E-state index contributed by atoms with van der Waals surface area (Å²) in [5.41, 5.74) is 1.92. The number of carbonyl (C=O) groups excluding carboxylic acids is 1. The lowest BCUT2D eigenvalue weighted by Gasteiger charge is -2.40. The Morgan fingerprint density at radius 3 is 2.56 bits per heavy atom. The van der Waals surface area contributed by atoms with Crippen molar-refractivity contribution >= 4 is 50.1 Å².